The van der Waals surface area contributed by atoms with Crippen LogP contribution in [0.4, 0.5) is 0 Å². The van der Waals surface area contributed by atoms with E-state index in [1.165, 1.54) is 0 Å². The fraction of sp³-hybridized carbons (Fsp3) is 0.636. The Balaban J connectivity index is 2.52. The van der Waals surface area contributed by atoms with Crippen LogP contribution in [0.3, 0.4) is 0 Å². The molecule has 0 aliphatic carbocycles. The lowest BCUT2D eigenvalue weighted by atomic mass is 10.3. The molecule has 1 atom stereocenters. The van der Waals surface area contributed by atoms with Crippen LogP contribution in [-0.2, 0) is 10.0 Å². The van der Waals surface area contributed by atoms with Gasteiger partial charge in [0, 0.05) is 6.54 Å². The Hall–Kier alpha value is -0.850. The van der Waals surface area contributed by atoms with Gasteiger partial charge in [-0.2, -0.15) is 0 Å². The van der Waals surface area contributed by atoms with E-state index in [0.29, 0.717) is 12.3 Å². The van der Waals surface area contributed by atoms with Crippen molar-refractivity contribution in [3.05, 3.63) is 23.7 Å². The predicted molar refractivity (Wildman–Crippen MR) is 67.3 cm³/mol. The third-order valence-electron chi connectivity index (χ3n) is 2.34. The minimum absolute atomic E-state index is 0.0743. The van der Waals surface area contributed by atoms with E-state index in [-0.39, 0.29) is 11.8 Å². The Kier molecular flexibility index (Phi) is 5.17. The van der Waals surface area contributed by atoms with Crippen LogP contribution in [0.2, 0.25) is 0 Å². The van der Waals surface area contributed by atoms with Crippen LogP contribution in [0, 0.1) is 6.92 Å². The molecule has 0 fully saturated rings. The van der Waals surface area contributed by atoms with Crippen molar-refractivity contribution in [1.29, 1.82) is 0 Å². The van der Waals surface area contributed by atoms with Crippen LogP contribution in [0.25, 0.3) is 0 Å². The van der Waals surface area contributed by atoms with Gasteiger partial charge in [0.25, 0.3) is 0 Å². The second kappa shape index (κ2) is 6.18. The molecule has 1 unspecified atom stereocenters. The maximum Gasteiger partial charge on any atom is 0.213 e. The van der Waals surface area contributed by atoms with E-state index in [1.54, 1.807) is 13.0 Å². The zero-order valence-electron chi connectivity index (χ0n) is 10.5. The first-order valence-electron chi connectivity index (χ1n) is 5.71. The van der Waals surface area contributed by atoms with Crippen molar-refractivity contribution in [2.45, 2.75) is 26.8 Å². The molecule has 1 aromatic rings. The highest BCUT2D eigenvalue weighted by Gasteiger charge is 2.17. The molecule has 6 heteroatoms. The Morgan fingerprint density at radius 3 is 2.65 bits per heavy atom. The van der Waals surface area contributed by atoms with Crippen LogP contribution >= 0.6 is 0 Å². The molecule has 98 valence electrons. The monoisotopic (exact) mass is 260 g/mol. The summed E-state index contributed by atoms with van der Waals surface area (Å²) >= 11 is 0. The fourth-order valence-corrected chi connectivity index (χ4v) is 2.64. The van der Waals surface area contributed by atoms with Gasteiger partial charge in [-0.05, 0) is 32.5 Å². The minimum Gasteiger partial charge on any atom is -0.465 e. The van der Waals surface area contributed by atoms with Crippen molar-refractivity contribution in [3.63, 3.8) is 0 Å². The highest BCUT2D eigenvalue weighted by atomic mass is 32.2. The number of sulfonamides is 1. The number of nitrogens with one attached hydrogen (secondary N) is 2. The molecule has 0 aromatic carbocycles. The average Bonchev–Trinajstić information content (AvgIpc) is 2.64. The summed E-state index contributed by atoms with van der Waals surface area (Å²) in [5.41, 5.74) is 0. The van der Waals surface area contributed by atoms with Crippen molar-refractivity contribution >= 4 is 10.0 Å². The molecule has 17 heavy (non-hydrogen) atoms. The molecule has 0 saturated heterocycles. The van der Waals surface area contributed by atoms with Gasteiger partial charge in [-0.3, -0.25) is 0 Å². The molecule has 0 amide bonds. The van der Waals surface area contributed by atoms with Crippen molar-refractivity contribution in [3.8, 4) is 0 Å². The van der Waals surface area contributed by atoms with Gasteiger partial charge in [-0.1, -0.05) is 6.92 Å². The first-order valence-corrected chi connectivity index (χ1v) is 7.37. The maximum atomic E-state index is 11.7. The van der Waals surface area contributed by atoms with Gasteiger partial charge in [0.05, 0.1) is 11.8 Å². The van der Waals surface area contributed by atoms with E-state index in [4.69, 9.17) is 4.42 Å². The second-order valence-electron chi connectivity index (χ2n) is 3.96. The van der Waals surface area contributed by atoms with Crippen molar-refractivity contribution < 1.29 is 12.8 Å². The smallest absolute Gasteiger partial charge is 0.213 e. The van der Waals surface area contributed by atoms with Crippen molar-refractivity contribution in [2.75, 3.05) is 18.8 Å². The van der Waals surface area contributed by atoms with E-state index >= 15 is 0 Å². The molecule has 1 rings (SSSR count). The molecule has 0 bridgehead atoms. The first kappa shape index (κ1) is 14.2. The average molecular weight is 260 g/mol. The normalized spacial score (nSPS) is 13.8. The summed E-state index contributed by atoms with van der Waals surface area (Å²) in [6, 6.07) is 3.27. The van der Waals surface area contributed by atoms with Crippen molar-refractivity contribution in [2.24, 2.45) is 0 Å². The number of rotatable bonds is 7. The van der Waals surface area contributed by atoms with Crippen molar-refractivity contribution in [1.82, 2.24) is 10.0 Å². The number of furan rings is 1. The van der Waals surface area contributed by atoms with E-state index in [1.807, 2.05) is 19.9 Å². The number of hydrogen-bond donors (Lipinski definition) is 2. The Morgan fingerprint density at radius 1 is 1.41 bits per heavy atom. The van der Waals surface area contributed by atoms with Crippen LogP contribution in [0.15, 0.2) is 16.5 Å². The summed E-state index contributed by atoms with van der Waals surface area (Å²) < 4.78 is 31.4. The predicted octanol–water partition coefficient (Wildman–Crippen LogP) is 1.18. The van der Waals surface area contributed by atoms with Crippen LogP contribution in [0.1, 0.15) is 31.4 Å². The maximum absolute atomic E-state index is 11.7. The lowest BCUT2D eigenvalue weighted by Crippen LogP contribution is -2.33. The first-order chi connectivity index (χ1) is 7.94. The molecule has 0 radical (unpaired) electrons. The number of hydrogen-bond acceptors (Lipinski definition) is 4. The Bertz CT molecular complexity index is 439. The second-order valence-corrected chi connectivity index (χ2v) is 5.83. The van der Waals surface area contributed by atoms with Crippen LogP contribution in [-0.4, -0.2) is 27.3 Å². The van der Waals surface area contributed by atoms with E-state index in [2.05, 4.69) is 10.0 Å². The van der Waals surface area contributed by atoms with Gasteiger partial charge in [-0.15, -0.1) is 0 Å². The van der Waals surface area contributed by atoms with Crippen LogP contribution in [0.5, 0.6) is 0 Å². The molecule has 0 aliphatic rings. The third-order valence-corrected chi connectivity index (χ3v) is 3.80. The summed E-state index contributed by atoms with van der Waals surface area (Å²) in [7, 11) is -3.26. The van der Waals surface area contributed by atoms with Gasteiger partial charge in [0.1, 0.15) is 11.5 Å². The quantitative estimate of drug-likeness (QED) is 0.722. The van der Waals surface area contributed by atoms with E-state index in [0.717, 1.165) is 12.3 Å². The fourth-order valence-electron chi connectivity index (χ4n) is 1.46. The summed E-state index contributed by atoms with van der Waals surface area (Å²) in [5.74, 6) is 1.48. The SMILES string of the molecule is CCNCCS(=O)(=O)NC(C)c1ccc(C)o1. The highest BCUT2D eigenvalue weighted by molar-refractivity contribution is 7.89. The zero-order chi connectivity index (χ0) is 12.9. The van der Waals surface area contributed by atoms with Gasteiger partial charge in [0.2, 0.25) is 10.0 Å². The molecule has 1 aromatic heterocycles. The standard InChI is InChI=1S/C11H20N2O3S/c1-4-12-7-8-17(14,15)13-10(3)11-6-5-9(2)16-11/h5-6,10,12-13H,4,7-8H2,1-3H3. The third kappa shape index (κ3) is 4.89. The van der Waals surface area contributed by atoms with Gasteiger partial charge in [0.15, 0.2) is 0 Å². The lowest BCUT2D eigenvalue weighted by Gasteiger charge is -2.12. The van der Waals surface area contributed by atoms with E-state index in [9.17, 15) is 8.42 Å². The summed E-state index contributed by atoms with van der Waals surface area (Å²) in [5, 5.41) is 2.98. The molecular formula is C11H20N2O3S. The van der Waals surface area contributed by atoms with Gasteiger partial charge >= 0.3 is 0 Å². The summed E-state index contributed by atoms with van der Waals surface area (Å²) in [4.78, 5) is 0. The molecule has 0 saturated carbocycles. The minimum atomic E-state index is -3.26. The van der Waals surface area contributed by atoms with E-state index < -0.39 is 10.0 Å². The Morgan fingerprint density at radius 2 is 2.12 bits per heavy atom. The van der Waals surface area contributed by atoms with Gasteiger partial charge < -0.3 is 9.73 Å². The molecule has 5 nitrogen and oxygen atoms in total. The number of aryl methyl sites for hydroxylation is 1. The topological polar surface area (TPSA) is 71.3 Å². The molecule has 0 aliphatic heterocycles. The molecule has 1 heterocycles. The molecule has 0 spiro atoms. The zero-order valence-corrected chi connectivity index (χ0v) is 11.3. The largest absolute Gasteiger partial charge is 0.465 e. The van der Waals surface area contributed by atoms with Gasteiger partial charge in [-0.25, -0.2) is 13.1 Å². The molecule has 2 N–H and O–H groups in total. The Labute approximate surface area is 103 Å². The van der Waals surface area contributed by atoms with Crippen LogP contribution < -0.4 is 10.0 Å². The summed E-state index contributed by atoms with van der Waals surface area (Å²) in [6.07, 6.45) is 0. The highest BCUT2D eigenvalue weighted by Crippen LogP contribution is 2.16. The summed E-state index contributed by atoms with van der Waals surface area (Å²) in [6.45, 7) is 6.76. The lowest BCUT2D eigenvalue weighted by molar-refractivity contribution is 0.441. The molecular weight excluding hydrogens is 240 g/mol.